The lowest BCUT2D eigenvalue weighted by Crippen LogP contribution is -2.55. The number of phenols is 1. The number of hydrogen-bond acceptors (Lipinski definition) is 13. The van der Waals surface area contributed by atoms with Crippen molar-refractivity contribution in [1.29, 1.82) is 0 Å². The van der Waals surface area contributed by atoms with Crippen LogP contribution in [0.3, 0.4) is 0 Å². The minimum absolute atomic E-state index is 0.0000732. The van der Waals surface area contributed by atoms with Crippen LogP contribution in [0.15, 0.2) is 36.4 Å². The van der Waals surface area contributed by atoms with E-state index in [1.165, 1.54) is 24.3 Å². The first-order valence-corrected chi connectivity index (χ1v) is 26.9. The molecule has 1 aromatic carbocycles. The smallest absolute Gasteiger partial charge is 0.243 e. The van der Waals surface area contributed by atoms with Gasteiger partial charge in [-0.3, -0.25) is 57.5 Å². The average Bonchev–Trinajstić information content (AvgIpc) is 3.36. The fourth-order valence-electron chi connectivity index (χ4n) is 9.72. The number of phenolic OH excluding ortho intramolecular Hbond substituents is 1. The number of ketones is 4. The molecule has 0 saturated heterocycles. The molecule has 8 amide bonds. The number of primary amides is 3. The van der Waals surface area contributed by atoms with Crippen LogP contribution in [-0.4, -0.2) is 106 Å². The molecule has 3 rings (SSSR count). The maximum absolute atomic E-state index is 14.2. The molecule has 76 heavy (non-hydrogen) atoms. The fraction of sp³-hybridized carbons (Fsp3) is 0.636. The van der Waals surface area contributed by atoms with E-state index in [0.29, 0.717) is 31.2 Å². The molecule has 0 spiro atoms. The Morgan fingerprint density at radius 2 is 1.39 bits per heavy atom. The summed E-state index contributed by atoms with van der Waals surface area (Å²) >= 11 is 0. The molecular formula is C55H82N8O13. The van der Waals surface area contributed by atoms with E-state index < -0.39 is 120 Å². The largest absolute Gasteiger partial charge is 0.508 e. The van der Waals surface area contributed by atoms with E-state index in [9.17, 15) is 62.6 Å². The molecule has 21 nitrogen and oxygen atoms in total. The molecular weight excluding hydrogens is 981 g/mol. The van der Waals surface area contributed by atoms with Gasteiger partial charge in [-0.05, 0) is 106 Å². The minimum atomic E-state index is -1.27. The second-order valence-electron chi connectivity index (χ2n) is 21.0. The van der Waals surface area contributed by atoms with Crippen LogP contribution in [0.1, 0.15) is 155 Å². The van der Waals surface area contributed by atoms with Gasteiger partial charge in [0.05, 0.1) is 24.7 Å². The van der Waals surface area contributed by atoms with E-state index in [1.54, 1.807) is 19.1 Å². The van der Waals surface area contributed by atoms with Gasteiger partial charge in [0.15, 0.2) is 23.1 Å². The van der Waals surface area contributed by atoms with Gasteiger partial charge in [0.1, 0.15) is 11.8 Å². The Morgan fingerprint density at radius 3 is 2.04 bits per heavy atom. The summed E-state index contributed by atoms with van der Waals surface area (Å²) in [5.74, 6) is -10.2. The Labute approximate surface area is 445 Å². The number of hydrogen-bond donors (Lipinski definition) is 9. The maximum Gasteiger partial charge on any atom is 0.243 e. The SMILES string of the molecule is CCC(C)C1NC(=O)C(Cc2ccc(O)cc2)CC=CC(=O)CNC(=O)CCC(C(=O)CCC2CCCCC2C(=O)NC(CC(C)C)C(=O)CCC(N)=O)NC(=O)C(CC(N)=O)CCCC(=O)C(CCC(N)=O)NC1=O. The Morgan fingerprint density at radius 1 is 0.724 bits per heavy atom. The number of Topliss-reactive ketones (excluding diaryl/α,β-unsaturated/α-hetero) is 3. The van der Waals surface area contributed by atoms with Crippen molar-refractivity contribution in [1.82, 2.24) is 26.6 Å². The van der Waals surface area contributed by atoms with Gasteiger partial charge < -0.3 is 48.9 Å². The third-order valence-electron chi connectivity index (χ3n) is 14.3. The van der Waals surface area contributed by atoms with Crippen LogP contribution in [-0.2, 0) is 64.0 Å². The van der Waals surface area contributed by atoms with E-state index in [2.05, 4.69) is 26.6 Å². The number of nitrogens with one attached hydrogen (secondary N) is 5. The van der Waals surface area contributed by atoms with Gasteiger partial charge in [0, 0.05) is 62.7 Å². The first-order valence-electron chi connectivity index (χ1n) is 26.9. The third-order valence-corrected chi connectivity index (χ3v) is 14.3. The highest BCUT2D eigenvalue weighted by Gasteiger charge is 2.36. The number of allylic oxidation sites excluding steroid dienone is 1. The number of rotatable bonds is 21. The summed E-state index contributed by atoms with van der Waals surface area (Å²) in [7, 11) is 0. The van der Waals surface area contributed by atoms with E-state index in [-0.39, 0.29) is 113 Å². The van der Waals surface area contributed by atoms with Crippen molar-refractivity contribution in [2.75, 3.05) is 6.54 Å². The second kappa shape index (κ2) is 32.6. The number of nitrogens with two attached hydrogens (primary N) is 3. The van der Waals surface area contributed by atoms with Gasteiger partial charge in [-0.25, -0.2) is 0 Å². The topological polar surface area (TPSA) is 363 Å². The van der Waals surface area contributed by atoms with Crippen LogP contribution in [0.4, 0.5) is 0 Å². The van der Waals surface area contributed by atoms with Crippen LogP contribution < -0.4 is 43.8 Å². The normalized spacial score (nSPS) is 23.9. The molecule has 420 valence electrons. The number of benzene rings is 1. The molecule has 1 aliphatic carbocycles. The van der Waals surface area contributed by atoms with Gasteiger partial charge >= 0.3 is 0 Å². The van der Waals surface area contributed by atoms with Gasteiger partial charge in [0.2, 0.25) is 47.3 Å². The molecule has 2 aliphatic rings. The molecule has 1 fully saturated rings. The second-order valence-corrected chi connectivity index (χ2v) is 21.0. The maximum atomic E-state index is 14.2. The molecule has 0 bridgehead atoms. The van der Waals surface area contributed by atoms with Crippen LogP contribution in [0.5, 0.6) is 5.75 Å². The summed E-state index contributed by atoms with van der Waals surface area (Å²) < 4.78 is 0. The quantitative estimate of drug-likeness (QED) is 0.0856. The summed E-state index contributed by atoms with van der Waals surface area (Å²) in [6, 6.07) is 1.70. The fourth-order valence-corrected chi connectivity index (χ4v) is 9.72. The Hall–Kier alpha value is -6.80. The van der Waals surface area contributed by atoms with Crippen LogP contribution >= 0.6 is 0 Å². The van der Waals surface area contributed by atoms with E-state index >= 15 is 0 Å². The molecule has 21 heteroatoms. The summed E-state index contributed by atoms with van der Waals surface area (Å²) in [5.41, 5.74) is 17.0. The molecule has 9 unspecified atom stereocenters. The van der Waals surface area contributed by atoms with Crippen LogP contribution in [0.25, 0.3) is 0 Å². The average molecular weight is 1060 g/mol. The first-order chi connectivity index (χ1) is 36.0. The Balaban J connectivity index is 1.94. The lowest BCUT2D eigenvalue weighted by molar-refractivity contribution is -0.134. The summed E-state index contributed by atoms with van der Waals surface area (Å²) in [5, 5.41) is 23.6. The van der Waals surface area contributed by atoms with Gasteiger partial charge in [-0.2, -0.15) is 0 Å². The lowest BCUT2D eigenvalue weighted by Gasteiger charge is -2.32. The third kappa shape index (κ3) is 23.0. The van der Waals surface area contributed by atoms with E-state index in [0.717, 1.165) is 12.8 Å². The highest BCUT2D eigenvalue weighted by molar-refractivity contribution is 5.96. The zero-order valence-corrected chi connectivity index (χ0v) is 44.7. The zero-order chi connectivity index (χ0) is 56.5. The van der Waals surface area contributed by atoms with Crippen molar-refractivity contribution in [2.45, 2.75) is 180 Å². The van der Waals surface area contributed by atoms with Crippen molar-refractivity contribution in [3.63, 3.8) is 0 Å². The van der Waals surface area contributed by atoms with Crippen LogP contribution in [0, 0.1) is 35.5 Å². The van der Waals surface area contributed by atoms with Crippen molar-refractivity contribution < 1.29 is 62.6 Å². The van der Waals surface area contributed by atoms with Gasteiger partial charge in [-0.1, -0.05) is 65.2 Å². The summed E-state index contributed by atoms with van der Waals surface area (Å²) in [4.78, 5) is 159. The van der Waals surface area contributed by atoms with Crippen LogP contribution in [0.2, 0.25) is 0 Å². The number of carbonyl (C=O) groups excluding carboxylic acids is 12. The molecule has 9 atom stereocenters. The van der Waals surface area contributed by atoms with Gasteiger partial charge in [-0.15, -0.1) is 0 Å². The molecule has 0 aromatic heterocycles. The number of aromatic hydroxyl groups is 1. The summed E-state index contributed by atoms with van der Waals surface area (Å²) in [6.07, 6.45) is 4.36. The zero-order valence-electron chi connectivity index (χ0n) is 44.7. The lowest BCUT2D eigenvalue weighted by atomic mass is 9.75. The predicted octanol–water partition coefficient (Wildman–Crippen LogP) is 2.49. The Bertz CT molecular complexity index is 2250. The highest BCUT2D eigenvalue weighted by Crippen LogP contribution is 2.34. The Kier molecular flexibility index (Phi) is 27.2. The minimum Gasteiger partial charge on any atom is -0.508 e. The van der Waals surface area contributed by atoms with Gasteiger partial charge in [0.25, 0.3) is 0 Å². The molecule has 1 saturated carbocycles. The standard InChI is InChI=1S/C55H82N8O13/c1-5-33(4)51-55(76)61-41(21-25-47(56)69)44(66)15-9-12-37(30-49(58)71)52(73)60-42(22-27-50(72)59-31-39(65)13-8-11-36(53(74)63-51)29-34-16-19-38(64)20-17-34)45(67)23-18-35-10-6-7-14-40(35)54(75)62-43(28-32(2)3)46(68)24-26-48(57)70/h8,13,16-17,19-20,32-33,35-37,40-43,51,64H,5-7,9-12,14-15,18,21-31H2,1-4H3,(H2,56,69)(H2,57,70)(H2,58,71)(H,59,72)(H,60,73)(H,61,76)(H,62,75)(H,63,74). The molecule has 1 heterocycles. The van der Waals surface area contributed by atoms with Crippen molar-refractivity contribution in [3.8, 4) is 5.75 Å². The van der Waals surface area contributed by atoms with Crippen molar-refractivity contribution in [3.05, 3.63) is 42.0 Å². The monoisotopic (exact) mass is 1060 g/mol. The van der Waals surface area contributed by atoms with E-state index in [1.807, 2.05) is 20.8 Å². The number of carbonyl (C=O) groups is 12. The highest BCUT2D eigenvalue weighted by atomic mass is 16.3. The molecule has 12 N–H and O–H groups in total. The molecule has 1 aromatic rings. The first kappa shape index (κ1) is 63.5. The molecule has 1 aliphatic heterocycles. The van der Waals surface area contributed by atoms with E-state index in [4.69, 9.17) is 17.2 Å². The molecule has 0 radical (unpaired) electrons. The van der Waals surface area contributed by atoms with Crippen molar-refractivity contribution in [2.24, 2.45) is 52.7 Å². The number of amides is 8. The summed E-state index contributed by atoms with van der Waals surface area (Å²) in [6.45, 7) is 6.92. The predicted molar refractivity (Wildman–Crippen MR) is 281 cm³/mol. The van der Waals surface area contributed by atoms with Crippen molar-refractivity contribution >= 4 is 70.4 Å².